The molecule has 0 amide bonds. The Hall–Kier alpha value is -1.26. The van der Waals surface area contributed by atoms with Gasteiger partial charge in [-0.2, -0.15) is 61.5 Å². The second-order valence-electron chi connectivity index (χ2n) is 4.72. The van der Waals surface area contributed by atoms with E-state index in [1.165, 1.54) is 0 Å². The van der Waals surface area contributed by atoms with Gasteiger partial charge in [0.05, 0.1) is 0 Å². The topological polar surface area (TPSA) is 0 Å². The number of hydrogen-bond donors (Lipinski definition) is 0. The lowest BCUT2D eigenvalue weighted by Crippen LogP contribution is -2.74. The molecule has 0 saturated carbocycles. The van der Waals surface area contributed by atoms with Gasteiger partial charge >= 0.3 is 54.3 Å². The number of halogens is 18. The van der Waals surface area contributed by atoms with Crippen LogP contribution in [0.2, 0.25) is 0 Å². The molecule has 0 aromatic rings. The van der Waals surface area contributed by atoms with Crippen LogP contribution >= 0.6 is 0 Å². The van der Waals surface area contributed by atoms with Crippen molar-refractivity contribution in [3.63, 3.8) is 0 Å². The van der Waals surface area contributed by atoms with E-state index < -0.39 is 54.3 Å². The standard InChI is InChI=1S/C9H2F18/c10-1(11)3(14,15)5(18,19)7(22,23)9(26,27)8(24,25)6(20,21)4(16,17)2(12)13/h1-2H. The summed E-state index contributed by atoms with van der Waals surface area (Å²) in [5.41, 5.74) is 0. The molecule has 0 aliphatic heterocycles. The van der Waals surface area contributed by atoms with Crippen LogP contribution in [0.4, 0.5) is 79.0 Å². The normalized spacial score (nSPS) is 16.4. The van der Waals surface area contributed by atoms with Crippen LogP contribution < -0.4 is 0 Å². The minimum absolute atomic E-state index is 5.95. The number of alkyl halides is 18. The van der Waals surface area contributed by atoms with Crippen molar-refractivity contribution in [3.8, 4) is 0 Å². The van der Waals surface area contributed by atoms with Gasteiger partial charge in [0, 0.05) is 0 Å². The quantitative estimate of drug-likeness (QED) is 0.399. The summed E-state index contributed by atoms with van der Waals surface area (Å²) in [6.07, 6.45) is -11.9. The molecule has 0 unspecified atom stereocenters. The highest BCUT2D eigenvalue weighted by atomic mass is 19.4. The molecule has 27 heavy (non-hydrogen) atoms. The average Bonchev–Trinajstić information content (AvgIpc) is 2.45. The predicted molar refractivity (Wildman–Crippen MR) is 46.6 cm³/mol. The maximum Gasteiger partial charge on any atom is 0.385 e. The van der Waals surface area contributed by atoms with E-state index in [-0.39, 0.29) is 0 Å². The van der Waals surface area contributed by atoms with Gasteiger partial charge in [-0.15, -0.1) is 0 Å². The van der Waals surface area contributed by atoms with E-state index in [1.807, 2.05) is 0 Å². The van der Waals surface area contributed by atoms with E-state index in [0.29, 0.717) is 0 Å². The van der Waals surface area contributed by atoms with Crippen molar-refractivity contribution in [2.45, 2.75) is 54.3 Å². The molecule has 18 heteroatoms. The van der Waals surface area contributed by atoms with Crippen LogP contribution in [0, 0.1) is 0 Å². The molecule has 0 spiro atoms. The van der Waals surface area contributed by atoms with E-state index in [0.717, 1.165) is 0 Å². The molecule has 0 nitrogen and oxygen atoms in total. The molecule has 0 fully saturated rings. The van der Waals surface area contributed by atoms with Crippen molar-refractivity contribution in [2.24, 2.45) is 0 Å². The van der Waals surface area contributed by atoms with Gasteiger partial charge in [-0.25, -0.2) is 17.6 Å². The van der Waals surface area contributed by atoms with Gasteiger partial charge in [-0.1, -0.05) is 0 Å². The zero-order valence-electron chi connectivity index (χ0n) is 11.5. The predicted octanol–water partition coefficient (Wildman–Crippen LogP) is 5.96. The fourth-order valence-electron chi connectivity index (χ4n) is 1.28. The van der Waals surface area contributed by atoms with Gasteiger partial charge in [0.15, 0.2) is 0 Å². The summed E-state index contributed by atoms with van der Waals surface area (Å²) in [6.45, 7) is 0. The van der Waals surface area contributed by atoms with Crippen LogP contribution in [-0.4, -0.2) is 54.3 Å². The molecule has 0 heterocycles. The van der Waals surface area contributed by atoms with Crippen molar-refractivity contribution in [2.75, 3.05) is 0 Å². The second kappa shape index (κ2) is 6.38. The van der Waals surface area contributed by atoms with Crippen molar-refractivity contribution in [1.82, 2.24) is 0 Å². The molecule has 0 saturated heterocycles. The van der Waals surface area contributed by atoms with Crippen LogP contribution in [0.3, 0.4) is 0 Å². The van der Waals surface area contributed by atoms with E-state index in [1.54, 1.807) is 0 Å². The molecule has 0 aromatic carbocycles. The van der Waals surface area contributed by atoms with E-state index >= 15 is 0 Å². The van der Waals surface area contributed by atoms with Gasteiger partial charge < -0.3 is 0 Å². The summed E-state index contributed by atoms with van der Waals surface area (Å²) < 4.78 is 225. The lowest BCUT2D eigenvalue weighted by molar-refractivity contribution is -0.451. The van der Waals surface area contributed by atoms with Gasteiger partial charge in [0.2, 0.25) is 0 Å². The summed E-state index contributed by atoms with van der Waals surface area (Å²) in [5, 5.41) is 0. The lowest BCUT2D eigenvalue weighted by Gasteiger charge is -2.42. The zero-order valence-corrected chi connectivity index (χ0v) is 11.5. The van der Waals surface area contributed by atoms with Crippen LogP contribution in [0.5, 0.6) is 0 Å². The second-order valence-corrected chi connectivity index (χ2v) is 4.72. The Kier molecular flexibility index (Phi) is 6.08. The number of hydrogen-bond acceptors (Lipinski definition) is 0. The molecule has 0 aliphatic rings. The molecule has 164 valence electrons. The zero-order chi connectivity index (χ0) is 22.7. The highest BCUT2D eigenvalue weighted by Gasteiger charge is 2.94. The summed E-state index contributed by atoms with van der Waals surface area (Å²) >= 11 is 0. The van der Waals surface area contributed by atoms with E-state index in [9.17, 15) is 79.0 Å². The minimum Gasteiger partial charge on any atom is -0.203 e. The first-order valence-corrected chi connectivity index (χ1v) is 5.60. The highest BCUT2D eigenvalue weighted by Crippen LogP contribution is 2.63. The fraction of sp³-hybridized carbons (Fsp3) is 1.00. The van der Waals surface area contributed by atoms with Crippen LogP contribution in [0.1, 0.15) is 0 Å². The van der Waals surface area contributed by atoms with Crippen molar-refractivity contribution >= 4 is 0 Å². The maximum atomic E-state index is 12.9. The minimum atomic E-state index is -8.65. The molecule has 0 aliphatic carbocycles. The third-order valence-electron chi connectivity index (χ3n) is 2.96. The smallest absolute Gasteiger partial charge is 0.203 e. The van der Waals surface area contributed by atoms with E-state index in [2.05, 4.69) is 0 Å². The van der Waals surface area contributed by atoms with Crippen LogP contribution in [0.25, 0.3) is 0 Å². The molecule has 0 aromatic heterocycles. The Morgan fingerprint density at radius 2 is 0.444 bits per heavy atom. The Balaban J connectivity index is 6.62. The van der Waals surface area contributed by atoms with Crippen molar-refractivity contribution < 1.29 is 79.0 Å². The third-order valence-corrected chi connectivity index (χ3v) is 2.96. The summed E-state index contributed by atoms with van der Waals surface area (Å²) in [6, 6.07) is 0. The lowest BCUT2D eigenvalue weighted by atomic mass is 9.89. The van der Waals surface area contributed by atoms with Gasteiger partial charge in [-0.05, 0) is 0 Å². The molecule has 0 atom stereocenters. The Morgan fingerprint density at radius 3 is 0.593 bits per heavy atom. The molecule has 0 bridgehead atoms. The fourth-order valence-corrected chi connectivity index (χ4v) is 1.28. The van der Waals surface area contributed by atoms with Gasteiger partial charge in [0.1, 0.15) is 0 Å². The highest BCUT2D eigenvalue weighted by molar-refractivity contribution is 5.14. The number of rotatable bonds is 8. The summed E-state index contributed by atoms with van der Waals surface area (Å²) in [7, 11) is 0. The van der Waals surface area contributed by atoms with E-state index in [4.69, 9.17) is 0 Å². The Labute approximate surface area is 135 Å². The SMILES string of the molecule is FC(F)C(F)(F)C(F)(F)C(F)(F)C(F)(F)C(F)(F)C(F)(F)C(F)(F)C(F)F. The van der Waals surface area contributed by atoms with Crippen molar-refractivity contribution in [3.05, 3.63) is 0 Å². The maximum absolute atomic E-state index is 12.9. The van der Waals surface area contributed by atoms with Crippen LogP contribution in [-0.2, 0) is 0 Å². The molecule has 0 N–H and O–H groups in total. The summed E-state index contributed by atoms with van der Waals surface area (Å²) in [4.78, 5) is 0. The molecule has 0 radical (unpaired) electrons. The molecular formula is C9H2F18. The van der Waals surface area contributed by atoms with Crippen LogP contribution in [0.15, 0.2) is 0 Å². The first-order chi connectivity index (χ1) is 11.4. The van der Waals surface area contributed by atoms with Gasteiger partial charge in [-0.3, -0.25) is 0 Å². The first kappa shape index (κ1) is 25.7. The van der Waals surface area contributed by atoms with Gasteiger partial charge in [0.25, 0.3) is 0 Å². The largest absolute Gasteiger partial charge is 0.385 e. The summed E-state index contributed by atoms with van der Waals surface area (Å²) in [5.74, 6) is -57.3. The first-order valence-electron chi connectivity index (χ1n) is 5.60. The molecular weight excluding hydrogens is 450 g/mol. The van der Waals surface area contributed by atoms with Crippen molar-refractivity contribution in [1.29, 1.82) is 0 Å². The Bertz CT molecular complexity index is 483. The monoisotopic (exact) mass is 452 g/mol. The third kappa shape index (κ3) is 3.05. The average molecular weight is 452 g/mol. The Morgan fingerprint density at radius 1 is 0.296 bits per heavy atom. The molecule has 0 rings (SSSR count).